The van der Waals surface area contributed by atoms with Gasteiger partial charge in [-0.05, 0) is 18.2 Å². The predicted molar refractivity (Wildman–Crippen MR) is 82.2 cm³/mol. The highest BCUT2D eigenvalue weighted by Crippen LogP contribution is 2.12. The number of hydrogen-bond acceptors (Lipinski definition) is 5. The van der Waals surface area contributed by atoms with Crippen molar-refractivity contribution in [1.29, 1.82) is 0 Å². The summed E-state index contributed by atoms with van der Waals surface area (Å²) in [5.41, 5.74) is 6.64. The molecule has 0 saturated heterocycles. The molecule has 0 saturated carbocycles. The number of hydrogen-bond donors (Lipinski definition) is 3. The highest BCUT2D eigenvalue weighted by atomic mass is 16.1. The molecular weight excluding hydrogens is 268 g/mol. The van der Waals surface area contributed by atoms with E-state index in [-0.39, 0.29) is 5.56 Å². The normalized spacial score (nSPS) is 10.9. The minimum Gasteiger partial charge on any atom is -0.399 e. The molecule has 7 heteroatoms. The van der Waals surface area contributed by atoms with E-state index in [1.807, 2.05) is 17.8 Å². The van der Waals surface area contributed by atoms with Crippen LogP contribution in [0, 0.1) is 0 Å². The van der Waals surface area contributed by atoms with Crippen molar-refractivity contribution in [1.82, 2.24) is 19.5 Å². The van der Waals surface area contributed by atoms with Crippen LogP contribution in [0.2, 0.25) is 0 Å². The van der Waals surface area contributed by atoms with Crippen LogP contribution in [0.15, 0.2) is 35.4 Å². The number of H-pyrrole nitrogens is 1. The fraction of sp³-hybridized carbons (Fsp3) is 0.214. The fourth-order valence-corrected chi connectivity index (χ4v) is 2.17. The van der Waals surface area contributed by atoms with Gasteiger partial charge in [0.15, 0.2) is 0 Å². The molecule has 0 spiro atoms. The maximum Gasteiger partial charge on any atom is 0.260 e. The molecule has 21 heavy (non-hydrogen) atoms. The number of aromatic nitrogens is 4. The van der Waals surface area contributed by atoms with Gasteiger partial charge in [-0.3, -0.25) is 9.78 Å². The van der Waals surface area contributed by atoms with Crippen LogP contribution in [-0.4, -0.2) is 26.1 Å². The van der Waals surface area contributed by atoms with Crippen LogP contribution in [0.25, 0.3) is 10.9 Å². The molecule has 0 aliphatic carbocycles. The monoisotopic (exact) mass is 284 g/mol. The summed E-state index contributed by atoms with van der Waals surface area (Å²) in [5.74, 6) is 1.42. The fourth-order valence-electron chi connectivity index (χ4n) is 2.17. The molecule has 2 aromatic heterocycles. The van der Waals surface area contributed by atoms with Crippen molar-refractivity contribution in [3.63, 3.8) is 0 Å². The van der Waals surface area contributed by atoms with Gasteiger partial charge in [0.05, 0.1) is 10.9 Å². The number of benzene rings is 1. The topological polar surface area (TPSA) is 102 Å². The van der Waals surface area contributed by atoms with Crippen LogP contribution in [-0.2, 0) is 13.5 Å². The third kappa shape index (κ3) is 2.71. The quantitative estimate of drug-likeness (QED) is 0.618. The van der Waals surface area contributed by atoms with E-state index in [0.29, 0.717) is 29.1 Å². The summed E-state index contributed by atoms with van der Waals surface area (Å²) < 4.78 is 1.96. The molecule has 4 N–H and O–H groups in total. The summed E-state index contributed by atoms with van der Waals surface area (Å²) >= 11 is 0. The first-order valence-electron chi connectivity index (χ1n) is 6.63. The Kier molecular flexibility index (Phi) is 3.31. The van der Waals surface area contributed by atoms with Crippen LogP contribution in [0.5, 0.6) is 0 Å². The molecule has 0 amide bonds. The van der Waals surface area contributed by atoms with E-state index in [1.54, 1.807) is 24.4 Å². The number of rotatable bonds is 4. The Morgan fingerprint density at radius 1 is 1.43 bits per heavy atom. The zero-order valence-electron chi connectivity index (χ0n) is 11.6. The van der Waals surface area contributed by atoms with Crippen LogP contribution in [0.4, 0.5) is 11.6 Å². The van der Waals surface area contributed by atoms with Crippen molar-refractivity contribution in [2.75, 3.05) is 17.6 Å². The van der Waals surface area contributed by atoms with Gasteiger partial charge in [-0.25, -0.2) is 9.97 Å². The van der Waals surface area contributed by atoms with Gasteiger partial charge < -0.3 is 15.6 Å². The van der Waals surface area contributed by atoms with Crippen LogP contribution in [0.1, 0.15) is 5.82 Å². The van der Waals surface area contributed by atoms with Gasteiger partial charge in [-0.15, -0.1) is 0 Å². The Balaban J connectivity index is 1.77. The number of aromatic amines is 1. The first kappa shape index (κ1) is 13.2. The summed E-state index contributed by atoms with van der Waals surface area (Å²) in [7, 11) is 1.95. The van der Waals surface area contributed by atoms with Crippen molar-refractivity contribution in [2.24, 2.45) is 7.05 Å². The second-order valence-corrected chi connectivity index (χ2v) is 4.82. The summed E-state index contributed by atoms with van der Waals surface area (Å²) in [4.78, 5) is 23.3. The van der Waals surface area contributed by atoms with E-state index < -0.39 is 0 Å². The molecule has 1 aromatic carbocycles. The molecule has 108 valence electrons. The van der Waals surface area contributed by atoms with E-state index in [1.165, 1.54) is 0 Å². The van der Waals surface area contributed by atoms with Gasteiger partial charge >= 0.3 is 0 Å². The molecule has 3 aromatic rings. The summed E-state index contributed by atoms with van der Waals surface area (Å²) in [6, 6.07) is 5.09. The first-order chi connectivity index (χ1) is 10.1. The number of nitrogen functional groups attached to an aromatic ring is 1. The molecule has 7 nitrogen and oxygen atoms in total. The van der Waals surface area contributed by atoms with E-state index in [0.717, 1.165) is 12.2 Å². The molecule has 3 rings (SSSR count). The maximum absolute atomic E-state index is 12.0. The number of anilines is 2. The number of nitrogens with zero attached hydrogens (tertiary/aromatic N) is 3. The molecule has 0 atom stereocenters. The second-order valence-electron chi connectivity index (χ2n) is 4.82. The molecule has 0 aliphatic rings. The third-order valence-electron chi connectivity index (χ3n) is 3.29. The SMILES string of the molecule is Cn1ccnc1CCNc1nc2ccc(N)cc2c(=O)[nH]1. The van der Waals surface area contributed by atoms with Crippen molar-refractivity contribution >= 4 is 22.5 Å². The lowest BCUT2D eigenvalue weighted by molar-refractivity contribution is 0.787. The lowest BCUT2D eigenvalue weighted by atomic mass is 10.2. The van der Waals surface area contributed by atoms with Crippen molar-refractivity contribution in [3.8, 4) is 0 Å². The maximum atomic E-state index is 12.0. The van der Waals surface area contributed by atoms with Gasteiger partial charge in [0, 0.05) is 38.1 Å². The van der Waals surface area contributed by atoms with Crippen molar-refractivity contribution in [2.45, 2.75) is 6.42 Å². The van der Waals surface area contributed by atoms with Gasteiger partial charge in [-0.1, -0.05) is 0 Å². The van der Waals surface area contributed by atoms with E-state index in [2.05, 4.69) is 20.3 Å². The Bertz CT molecular complexity index is 835. The highest BCUT2D eigenvalue weighted by molar-refractivity contribution is 5.81. The average Bonchev–Trinajstić information content (AvgIpc) is 2.85. The third-order valence-corrected chi connectivity index (χ3v) is 3.29. The average molecular weight is 284 g/mol. The van der Waals surface area contributed by atoms with Crippen LogP contribution in [0.3, 0.4) is 0 Å². The molecule has 2 heterocycles. The number of fused-ring (bicyclic) bond motifs is 1. The molecule has 0 bridgehead atoms. The van der Waals surface area contributed by atoms with Crippen molar-refractivity contribution < 1.29 is 0 Å². The number of nitrogens with two attached hydrogens (primary N) is 1. The molecule has 0 aliphatic heterocycles. The Hall–Kier alpha value is -2.83. The second kappa shape index (κ2) is 5.28. The minimum atomic E-state index is -0.202. The highest BCUT2D eigenvalue weighted by Gasteiger charge is 2.04. The number of aryl methyl sites for hydroxylation is 1. The molecule has 0 radical (unpaired) electrons. The van der Waals surface area contributed by atoms with E-state index in [9.17, 15) is 4.79 Å². The Morgan fingerprint density at radius 2 is 2.29 bits per heavy atom. The van der Waals surface area contributed by atoms with Crippen LogP contribution >= 0.6 is 0 Å². The first-order valence-corrected chi connectivity index (χ1v) is 6.63. The summed E-state index contributed by atoms with van der Waals surface area (Å²) in [6.07, 6.45) is 4.40. The lowest BCUT2D eigenvalue weighted by Gasteiger charge is -2.07. The van der Waals surface area contributed by atoms with Gasteiger partial charge in [0.2, 0.25) is 5.95 Å². The molecule has 0 unspecified atom stereocenters. The summed E-state index contributed by atoms with van der Waals surface area (Å²) in [5, 5.41) is 3.60. The number of nitrogens with one attached hydrogen (secondary N) is 2. The standard InChI is InChI=1S/C14H16N6O/c1-20-7-6-16-12(20)4-5-17-14-18-11-3-2-9(15)8-10(11)13(21)19-14/h2-3,6-8H,4-5,15H2,1H3,(H2,17,18,19,21). The Labute approximate surface area is 120 Å². The zero-order valence-corrected chi connectivity index (χ0v) is 11.6. The predicted octanol–water partition coefficient (Wildman–Crippen LogP) is 0.893. The Morgan fingerprint density at radius 3 is 3.05 bits per heavy atom. The summed E-state index contributed by atoms with van der Waals surface area (Å²) in [6.45, 7) is 0.633. The smallest absolute Gasteiger partial charge is 0.260 e. The lowest BCUT2D eigenvalue weighted by Crippen LogP contribution is -2.16. The molecular formula is C14H16N6O. The zero-order chi connectivity index (χ0) is 14.8. The minimum absolute atomic E-state index is 0.202. The van der Waals surface area contributed by atoms with Gasteiger partial charge in [0.25, 0.3) is 5.56 Å². The van der Waals surface area contributed by atoms with E-state index >= 15 is 0 Å². The van der Waals surface area contributed by atoms with Crippen LogP contribution < -0.4 is 16.6 Å². The number of imidazole rings is 1. The van der Waals surface area contributed by atoms with E-state index in [4.69, 9.17) is 5.73 Å². The van der Waals surface area contributed by atoms with Gasteiger partial charge in [-0.2, -0.15) is 0 Å². The molecule has 0 fully saturated rings. The van der Waals surface area contributed by atoms with Crippen molar-refractivity contribution in [3.05, 3.63) is 46.8 Å². The van der Waals surface area contributed by atoms with Gasteiger partial charge in [0.1, 0.15) is 5.82 Å². The largest absolute Gasteiger partial charge is 0.399 e.